The lowest BCUT2D eigenvalue weighted by Gasteiger charge is -2.13. The second-order valence-electron chi connectivity index (χ2n) is 8.34. The summed E-state index contributed by atoms with van der Waals surface area (Å²) in [5.74, 6) is 1.81. The molecule has 1 amide bonds. The quantitative estimate of drug-likeness (QED) is 0.321. The Morgan fingerprint density at radius 2 is 1.94 bits per heavy atom. The van der Waals surface area contributed by atoms with E-state index in [0.29, 0.717) is 17.8 Å². The van der Waals surface area contributed by atoms with Crippen LogP contribution in [0.15, 0.2) is 60.3 Å². The number of rotatable bonds is 9. The Labute approximate surface area is 199 Å². The van der Waals surface area contributed by atoms with Crippen molar-refractivity contribution < 1.29 is 9.53 Å². The highest BCUT2D eigenvalue weighted by Crippen LogP contribution is 2.28. The molecular weight excluding hydrogens is 432 g/mol. The predicted octanol–water partition coefficient (Wildman–Crippen LogP) is 5.80. The minimum atomic E-state index is -0.0724. The molecule has 7 heteroatoms. The molecule has 1 fully saturated rings. The number of nitrogens with one attached hydrogen (secondary N) is 1. The molecule has 1 aromatic heterocycles. The fraction of sp³-hybridized carbons (Fsp3) is 0.346. The van der Waals surface area contributed by atoms with Crippen LogP contribution >= 0.6 is 11.8 Å². The Kier molecular flexibility index (Phi) is 7.50. The lowest BCUT2D eigenvalue weighted by molar-refractivity contribution is -0.113. The smallest absolute Gasteiger partial charge is 0.234 e. The first-order valence-corrected chi connectivity index (χ1v) is 12.3. The van der Waals surface area contributed by atoms with E-state index in [0.717, 1.165) is 46.8 Å². The van der Waals surface area contributed by atoms with Gasteiger partial charge in [-0.05, 0) is 81.0 Å². The maximum absolute atomic E-state index is 12.6. The first-order valence-electron chi connectivity index (χ1n) is 11.3. The standard InChI is InChI=1S/C26H30N4O2S/c1-4-16-30-25(20-12-14-22(15-13-20)32-21-9-5-6-10-21)28-29-26(30)33-17-24(31)27-23-11-7-8-18(2)19(23)3/h4,7-8,11-15,21H,1,5-6,9-10,16-17H2,2-3H3,(H,27,31). The maximum Gasteiger partial charge on any atom is 0.234 e. The number of carbonyl (C=O) groups excluding carboxylic acids is 1. The topological polar surface area (TPSA) is 69.0 Å². The fourth-order valence-electron chi connectivity index (χ4n) is 3.99. The van der Waals surface area contributed by atoms with Crippen LogP contribution in [-0.2, 0) is 11.3 Å². The lowest BCUT2D eigenvalue weighted by atomic mass is 10.1. The van der Waals surface area contributed by atoms with Crippen LogP contribution in [0.3, 0.4) is 0 Å². The third-order valence-corrected chi connectivity index (χ3v) is 6.92. The van der Waals surface area contributed by atoms with E-state index in [9.17, 15) is 4.79 Å². The molecule has 6 nitrogen and oxygen atoms in total. The number of allylic oxidation sites excluding steroid dienone is 1. The summed E-state index contributed by atoms with van der Waals surface area (Å²) < 4.78 is 8.05. The van der Waals surface area contributed by atoms with E-state index in [1.54, 1.807) is 0 Å². The highest BCUT2D eigenvalue weighted by atomic mass is 32.2. The fourth-order valence-corrected chi connectivity index (χ4v) is 4.73. The van der Waals surface area contributed by atoms with Crippen LogP contribution in [0.5, 0.6) is 5.75 Å². The minimum Gasteiger partial charge on any atom is -0.490 e. The van der Waals surface area contributed by atoms with Crippen LogP contribution in [0.4, 0.5) is 5.69 Å². The average Bonchev–Trinajstić information content (AvgIpc) is 3.46. The zero-order chi connectivity index (χ0) is 23.2. The van der Waals surface area contributed by atoms with Crippen molar-refractivity contribution in [2.24, 2.45) is 0 Å². The Balaban J connectivity index is 1.43. The second-order valence-corrected chi connectivity index (χ2v) is 9.28. The van der Waals surface area contributed by atoms with Gasteiger partial charge in [-0.1, -0.05) is 30.0 Å². The van der Waals surface area contributed by atoms with Gasteiger partial charge in [-0.3, -0.25) is 9.36 Å². The van der Waals surface area contributed by atoms with E-state index >= 15 is 0 Å². The van der Waals surface area contributed by atoms with Gasteiger partial charge in [-0.15, -0.1) is 16.8 Å². The van der Waals surface area contributed by atoms with E-state index in [2.05, 4.69) is 22.1 Å². The summed E-state index contributed by atoms with van der Waals surface area (Å²) in [6, 6.07) is 13.9. The van der Waals surface area contributed by atoms with Gasteiger partial charge in [0.05, 0.1) is 11.9 Å². The molecule has 1 heterocycles. The van der Waals surface area contributed by atoms with E-state index in [1.165, 1.54) is 24.6 Å². The number of aromatic nitrogens is 3. The lowest BCUT2D eigenvalue weighted by Crippen LogP contribution is -2.15. The summed E-state index contributed by atoms with van der Waals surface area (Å²) in [7, 11) is 0. The van der Waals surface area contributed by atoms with Gasteiger partial charge in [0.1, 0.15) is 5.75 Å². The van der Waals surface area contributed by atoms with Crippen molar-refractivity contribution in [1.29, 1.82) is 0 Å². The third kappa shape index (κ3) is 5.66. The molecule has 0 bridgehead atoms. The number of hydrogen-bond donors (Lipinski definition) is 1. The SMILES string of the molecule is C=CCn1c(SCC(=O)Nc2cccc(C)c2C)nnc1-c1ccc(OC2CCCC2)cc1. The number of benzene rings is 2. The molecule has 0 atom stereocenters. The monoisotopic (exact) mass is 462 g/mol. The molecule has 0 saturated heterocycles. The van der Waals surface area contributed by atoms with Gasteiger partial charge in [-0.2, -0.15) is 0 Å². The number of anilines is 1. The van der Waals surface area contributed by atoms with Gasteiger partial charge in [0.2, 0.25) is 5.91 Å². The average molecular weight is 463 g/mol. The molecular formula is C26H30N4O2S. The molecule has 33 heavy (non-hydrogen) atoms. The molecule has 1 aliphatic carbocycles. The first kappa shape index (κ1) is 23.1. The van der Waals surface area contributed by atoms with Gasteiger partial charge >= 0.3 is 0 Å². The number of thioether (sulfide) groups is 1. The van der Waals surface area contributed by atoms with Crippen LogP contribution in [-0.4, -0.2) is 32.5 Å². The number of nitrogens with zero attached hydrogens (tertiary/aromatic N) is 3. The zero-order valence-corrected chi connectivity index (χ0v) is 20.0. The maximum atomic E-state index is 12.6. The van der Waals surface area contributed by atoms with Crippen LogP contribution in [0, 0.1) is 13.8 Å². The summed E-state index contributed by atoms with van der Waals surface area (Å²) in [5, 5.41) is 12.4. The molecule has 0 spiro atoms. The molecule has 1 saturated carbocycles. The van der Waals surface area contributed by atoms with E-state index in [-0.39, 0.29) is 11.7 Å². The number of amides is 1. The zero-order valence-electron chi connectivity index (χ0n) is 19.2. The summed E-state index contributed by atoms with van der Waals surface area (Å²) in [6.07, 6.45) is 6.90. The summed E-state index contributed by atoms with van der Waals surface area (Å²) in [4.78, 5) is 12.6. The van der Waals surface area contributed by atoms with Crippen molar-refractivity contribution in [3.05, 3.63) is 66.2 Å². The first-order chi connectivity index (χ1) is 16.0. The normalized spacial score (nSPS) is 13.8. The van der Waals surface area contributed by atoms with Crippen molar-refractivity contribution in [2.45, 2.75) is 57.3 Å². The molecule has 0 radical (unpaired) electrons. The van der Waals surface area contributed by atoms with Gasteiger partial charge in [0.25, 0.3) is 0 Å². The highest BCUT2D eigenvalue weighted by Gasteiger charge is 2.18. The van der Waals surface area contributed by atoms with Crippen LogP contribution in [0.1, 0.15) is 36.8 Å². The van der Waals surface area contributed by atoms with Gasteiger partial charge in [0, 0.05) is 17.8 Å². The Morgan fingerprint density at radius 1 is 1.18 bits per heavy atom. The van der Waals surface area contributed by atoms with Gasteiger partial charge in [-0.25, -0.2) is 0 Å². The Morgan fingerprint density at radius 3 is 2.67 bits per heavy atom. The second kappa shape index (κ2) is 10.7. The minimum absolute atomic E-state index is 0.0724. The van der Waals surface area contributed by atoms with Crippen molar-refractivity contribution in [3.63, 3.8) is 0 Å². The summed E-state index contributed by atoms with van der Waals surface area (Å²) in [5.41, 5.74) is 4.02. The van der Waals surface area contributed by atoms with E-state index in [4.69, 9.17) is 4.74 Å². The summed E-state index contributed by atoms with van der Waals surface area (Å²) >= 11 is 1.37. The number of hydrogen-bond acceptors (Lipinski definition) is 5. The van der Waals surface area contributed by atoms with Crippen molar-refractivity contribution in [3.8, 4) is 17.1 Å². The van der Waals surface area contributed by atoms with Gasteiger partial charge < -0.3 is 10.1 Å². The van der Waals surface area contributed by atoms with Gasteiger partial charge in [0.15, 0.2) is 11.0 Å². The van der Waals surface area contributed by atoms with Crippen LogP contribution in [0.25, 0.3) is 11.4 Å². The molecule has 2 aromatic carbocycles. The largest absolute Gasteiger partial charge is 0.490 e. The summed E-state index contributed by atoms with van der Waals surface area (Å²) in [6.45, 7) is 8.47. The molecule has 172 valence electrons. The van der Waals surface area contributed by atoms with Crippen molar-refractivity contribution in [2.75, 3.05) is 11.1 Å². The molecule has 0 aliphatic heterocycles. The van der Waals surface area contributed by atoms with Crippen LogP contribution < -0.4 is 10.1 Å². The molecule has 0 unspecified atom stereocenters. The molecule has 1 N–H and O–H groups in total. The number of aryl methyl sites for hydroxylation is 1. The molecule has 1 aliphatic rings. The van der Waals surface area contributed by atoms with E-state index < -0.39 is 0 Å². The molecule has 4 rings (SSSR count). The van der Waals surface area contributed by atoms with Crippen LogP contribution in [0.2, 0.25) is 0 Å². The van der Waals surface area contributed by atoms with Crippen molar-refractivity contribution in [1.82, 2.24) is 14.8 Å². The number of carbonyl (C=O) groups is 1. The molecule has 3 aromatic rings. The highest BCUT2D eigenvalue weighted by molar-refractivity contribution is 7.99. The predicted molar refractivity (Wildman–Crippen MR) is 134 cm³/mol. The Hall–Kier alpha value is -3.06. The van der Waals surface area contributed by atoms with E-state index in [1.807, 2.05) is 67.0 Å². The van der Waals surface area contributed by atoms with Crippen molar-refractivity contribution >= 4 is 23.4 Å². The third-order valence-electron chi connectivity index (χ3n) is 5.96. The number of ether oxygens (including phenoxy) is 1. The Bertz CT molecular complexity index is 1120.